The van der Waals surface area contributed by atoms with E-state index >= 15 is 0 Å². The minimum absolute atomic E-state index is 0.318. The highest BCUT2D eigenvalue weighted by atomic mass is 28.4. The number of hydrogen-bond donors (Lipinski definition) is 0. The number of unbranched alkanes of at least 4 members (excludes halogenated alkanes) is 7. The van der Waals surface area contributed by atoms with Crippen molar-refractivity contribution in [1.82, 2.24) is 0 Å². The van der Waals surface area contributed by atoms with E-state index in [1.807, 2.05) is 0 Å². The molecule has 2 nitrogen and oxygen atoms in total. The molecule has 0 aliphatic rings. The smallest absolute Gasteiger partial charge is 0.184 e. The van der Waals surface area contributed by atoms with Crippen LogP contribution in [-0.4, -0.2) is 29.3 Å². The Labute approximate surface area is 142 Å². The Bertz CT molecular complexity index is 257. The van der Waals surface area contributed by atoms with Crippen molar-refractivity contribution in [2.75, 3.05) is 6.61 Å². The Morgan fingerprint density at radius 3 is 1.64 bits per heavy atom. The Kier molecular flexibility index (Phi) is 12.0. The molecule has 0 fully saturated rings. The molecule has 0 spiro atoms. The summed E-state index contributed by atoms with van der Waals surface area (Å²) in [6, 6.07) is 0. The topological polar surface area (TPSA) is 18.5 Å². The summed E-state index contributed by atoms with van der Waals surface area (Å²) in [5, 5.41) is 0. The molecule has 0 radical (unpaired) electrons. The molecule has 0 rings (SSSR count). The largest absolute Gasteiger partial charge is 0.415 e. The van der Waals surface area contributed by atoms with E-state index in [-0.39, 0.29) is 0 Å². The van der Waals surface area contributed by atoms with Gasteiger partial charge in [-0.15, -0.1) is 0 Å². The van der Waals surface area contributed by atoms with Crippen LogP contribution >= 0.6 is 0 Å². The Morgan fingerprint density at radius 2 is 1.18 bits per heavy atom. The van der Waals surface area contributed by atoms with Crippen molar-refractivity contribution < 1.29 is 8.85 Å². The summed E-state index contributed by atoms with van der Waals surface area (Å²) in [5.41, 5.74) is 0. The van der Waals surface area contributed by atoms with Crippen LogP contribution in [-0.2, 0) is 8.85 Å². The van der Waals surface area contributed by atoms with Gasteiger partial charge in [-0.05, 0) is 45.7 Å². The molecule has 134 valence electrons. The van der Waals surface area contributed by atoms with Gasteiger partial charge in [0, 0.05) is 0 Å². The molecule has 0 amide bonds. The molecule has 0 N–H and O–H groups in total. The van der Waals surface area contributed by atoms with Crippen LogP contribution in [0.3, 0.4) is 0 Å². The maximum atomic E-state index is 6.33. The molecule has 0 aliphatic heterocycles. The highest BCUT2D eigenvalue weighted by Crippen LogP contribution is 2.17. The summed E-state index contributed by atoms with van der Waals surface area (Å²) in [6.45, 7) is 16.7. The predicted molar refractivity (Wildman–Crippen MR) is 105 cm³/mol. The van der Waals surface area contributed by atoms with Gasteiger partial charge in [0.25, 0.3) is 0 Å². The lowest BCUT2D eigenvalue weighted by atomic mass is 10.1. The molecule has 0 saturated carbocycles. The fourth-order valence-electron chi connectivity index (χ4n) is 2.53. The van der Waals surface area contributed by atoms with Crippen molar-refractivity contribution in [3.05, 3.63) is 0 Å². The van der Waals surface area contributed by atoms with Crippen LogP contribution in [0.15, 0.2) is 0 Å². The van der Waals surface area contributed by atoms with E-state index in [0.717, 1.165) is 6.61 Å². The van der Waals surface area contributed by atoms with Crippen LogP contribution in [0.5, 0.6) is 0 Å². The molecule has 22 heavy (non-hydrogen) atoms. The van der Waals surface area contributed by atoms with Gasteiger partial charge in [0.2, 0.25) is 0 Å². The minimum atomic E-state index is -1.47. The van der Waals surface area contributed by atoms with Gasteiger partial charge in [0.05, 0.1) is 12.7 Å². The van der Waals surface area contributed by atoms with Gasteiger partial charge in [0.15, 0.2) is 16.6 Å². The van der Waals surface area contributed by atoms with Crippen molar-refractivity contribution in [1.29, 1.82) is 0 Å². The third kappa shape index (κ3) is 16.7. The van der Waals surface area contributed by atoms with Crippen LogP contribution in [0, 0.1) is 0 Å². The molecular formula is C18H42O2Si2. The summed E-state index contributed by atoms with van der Waals surface area (Å²) in [6.07, 6.45) is 12.5. The lowest BCUT2D eigenvalue weighted by Gasteiger charge is -2.29. The van der Waals surface area contributed by atoms with Crippen molar-refractivity contribution in [3.8, 4) is 0 Å². The summed E-state index contributed by atoms with van der Waals surface area (Å²) in [5.74, 6) is 0. The van der Waals surface area contributed by atoms with E-state index in [1.54, 1.807) is 0 Å². The monoisotopic (exact) mass is 346 g/mol. The first kappa shape index (κ1) is 22.4. The summed E-state index contributed by atoms with van der Waals surface area (Å²) in [7, 11) is -2.90. The quantitative estimate of drug-likeness (QED) is 0.261. The van der Waals surface area contributed by atoms with Crippen molar-refractivity contribution in [2.24, 2.45) is 0 Å². The van der Waals surface area contributed by atoms with Crippen LogP contribution in [0.2, 0.25) is 39.3 Å². The lowest BCUT2D eigenvalue weighted by Crippen LogP contribution is -2.38. The number of hydrogen-bond acceptors (Lipinski definition) is 2. The van der Waals surface area contributed by atoms with Crippen molar-refractivity contribution in [3.63, 3.8) is 0 Å². The summed E-state index contributed by atoms with van der Waals surface area (Å²) in [4.78, 5) is 0. The molecule has 1 atom stereocenters. The van der Waals surface area contributed by atoms with Gasteiger partial charge in [-0.3, -0.25) is 0 Å². The summed E-state index contributed by atoms with van der Waals surface area (Å²) >= 11 is 0. The van der Waals surface area contributed by atoms with Gasteiger partial charge in [0.1, 0.15) is 0 Å². The first-order valence-electron chi connectivity index (χ1n) is 9.46. The zero-order valence-electron chi connectivity index (χ0n) is 16.5. The number of rotatable bonds is 14. The standard InChI is InChI=1S/C18H42O2Si2/c1-8-9-10-11-12-13-14-15-16-18(20-22(5,6)7)17-19-21(2,3)4/h18H,8-17H2,1-7H3. The molecule has 0 aromatic heterocycles. The lowest BCUT2D eigenvalue weighted by molar-refractivity contribution is 0.109. The normalized spacial score (nSPS) is 14.3. The molecule has 0 aliphatic carbocycles. The second-order valence-corrected chi connectivity index (χ2v) is 17.5. The van der Waals surface area contributed by atoms with E-state index < -0.39 is 16.6 Å². The van der Waals surface area contributed by atoms with Crippen LogP contribution in [0.4, 0.5) is 0 Å². The highest BCUT2D eigenvalue weighted by Gasteiger charge is 2.23. The molecule has 0 aromatic carbocycles. The van der Waals surface area contributed by atoms with Crippen LogP contribution < -0.4 is 0 Å². The molecule has 0 saturated heterocycles. The Hall–Kier alpha value is 0.354. The van der Waals surface area contributed by atoms with Crippen LogP contribution in [0.25, 0.3) is 0 Å². The molecule has 4 heteroatoms. The van der Waals surface area contributed by atoms with E-state index in [1.165, 1.54) is 57.8 Å². The molecule has 0 heterocycles. The summed E-state index contributed by atoms with van der Waals surface area (Å²) < 4.78 is 12.4. The maximum Gasteiger partial charge on any atom is 0.184 e. The van der Waals surface area contributed by atoms with E-state index in [2.05, 4.69) is 46.2 Å². The molecule has 1 unspecified atom stereocenters. The van der Waals surface area contributed by atoms with Gasteiger partial charge in [-0.25, -0.2) is 0 Å². The van der Waals surface area contributed by atoms with Crippen LogP contribution in [0.1, 0.15) is 64.7 Å². The van der Waals surface area contributed by atoms with Crippen molar-refractivity contribution >= 4 is 16.6 Å². The fraction of sp³-hybridized carbons (Fsp3) is 1.00. The van der Waals surface area contributed by atoms with Gasteiger partial charge < -0.3 is 8.85 Å². The second-order valence-electron chi connectivity index (χ2n) is 8.54. The average molecular weight is 347 g/mol. The van der Waals surface area contributed by atoms with Crippen molar-refractivity contribution in [2.45, 2.75) is 110 Å². The fourth-order valence-corrected chi connectivity index (χ4v) is 4.40. The van der Waals surface area contributed by atoms with E-state index in [4.69, 9.17) is 8.85 Å². The minimum Gasteiger partial charge on any atom is -0.415 e. The third-order valence-electron chi connectivity index (χ3n) is 3.60. The zero-order chi connectivity index (χ0) is 17.1. The van der Waals surface area contributed by atoms with Gasteiger partial charge in [-0.2, -0.15) is 0 Å². The molecule has 0 aromatic rings. The molecular weight excluding hydrogens is 304 g/mol. The predicted octanol–water partition coefficient (Wildman–Crippen LogP) is 6.59. The van der Waals surface area contributed by atoms with E-state index in [9.17, 15) is 0 Å². The molecule has 0 bridgehead atoms. The maximum absolute atomic E-state index is 6.33. The Balaban J connectivity index is 3.88. The third-order valence-corrected chi connectivity index (χ3v) is 5.68. The second kappa shape index (κ2) is 11.8. The highest BCUT2D eigenvalue weighted by molar-refractivity contribution is 6.70. The first-order chi connectivity index (χ1) is 10.1. The van der Waals surface area contributed by atoms with E-state index in [0.29, 0.717) is 6.10 Å². The SMILES string of the molecule is CCCCCCCCCCC(CO[Si](C)(C)C)O[Si](C)(C)C. The first-order valence-corrected chi connectivity index (χ1v) is 16.3. The zero-order valence-corrected chi connectivity index (χ0v) is 18.5. The van der Waals surface area contributed by atoms with Gasteiger partial charge >= 0.3 is 0 Å². The average Bonchev–Trinajstić information content (AvgIpc) is 2.36. The van der Waals surface area contributed by atoms with Gasteiger partial charge in [-0.1, -0.05) is 58.3 Å². The Morgan fingerprint density at radius 1 is 0.682 bits per heavy atom.